The summed E-state index contributed by atoms with van der Waals surface area (Å²) in [6.45, 7) is 9.74. The zero-order chi connectivity index (χ0) is 76.5. The Kier molecular flexibility index (Phi) is 24.8. The lowest BCUT2D eigenvalue weighted by Crippen LogP contribution is -2.39. The van der Waals surface area contributed by atoms with Gasteiger partial charge in [-0.3, -0.25) is 19.2 Å². The number of alkyl halides is 8. The quantitative estimate of drug-likeness (QED) is 0.0197. The number of esters is 2. The fourth-order valence-electron chi connectivity index (χ4n) is 13.0. The van der Waals surface area contributed by atoms with Crippen LogP contribution in [0, 0.1) is 11.6 Å². The number of nitrogens with one attached hydrogen (secondary N) is 3. The van der Waals surface area contributed by atoms with Crippen LogP contribution in [0.15, 0.2) is 97.8 Å². The van der Waals surface area contributed by atoms with Crippen molar-refractivity contribution in [2.24, 2.45) is 5.73 Å². The van der Waals surface area contributed by atoms with E-state index in [2.05, 4.69) is 35.2 Å². The minimum atomic E-state index is -4.59. The van der Waals surface area contributed by atoms with Gasteiger partial charge in [-0.05, 0) is 85.0 Å². The van der Waals surface area contributed by atoms with E-state index in [0.717, 1.165) is 64.1 Å². The zero-order valence-corrected chi connectivity index (χ0v) is 59.5. The van der Waals surface area contributed by atoms with Crippen molar-refractivity contribution < 1.29 is 78.8 Å². The van der Waals surface area contributed by atoms with Crippen LogP contribution < -0.4 is 20.9 Å². The number of carboxylic acid groups (broad SMARTS) is 2. The Balaban J connectivity index is 0.000000219. The summed E-state index contributed by atoms with van der Waals surface area (Å²) >= 11 is 9.53. The normalized spacial score (nSPS) is 13.4. The fraction of sp³-hybridized carbons (Fsp3) is 0.356. The molecule has 0 saturated heterocycles. The number of para-hydroxylation sites is 2. The third-order valence-corrected chi connectivity index (χ3v) is 18.2. The van der Waals surface area contributed by atoms with E-state index in [1.54, 1.807) is 43.7 Å². The molecule has 2 aliphatic rings. The molecule has 0 spiro atoms. The number of H-pyrrole nitrogens is 2. The average Bonchev–Trinajstić information content (AvgIpc) is 1.57. The highest BCUT2D eigenvalue weighted by Gasteiger charge is 2.37. The van der Waals surface area contributed by atoms with Gasteiger partial charge in [0.05, 0.1) is 61.6 Å². The number of nitrogens with two attached hydrogens (primary N) is 1. The summed E-state index contributed by atoms with van der Waals surface area (Å²) in [7, 11) is 0. The molecule has 7 N–H and O–H groups in total. The summed E-state index contributed by atoms with van der Waals surface area (Å²) in [4.78, 5) is 84.6. The van der Waals surface area contributed by atoms with E-state index in [0.29, 0.717) is 113 Å². The van der Waals surface area contributed by atoms with Crippen LogP contribution in [0.25, 0.3) is 55.7 Å². The highest BCUT2D eigenvalue weighted by molar-refractivity contribution is 6.40. The predicted molar refractivity (Wildman–Crippen MR) is 378 cm³/mol. The second kappa shape index (κ2) is 33.7. The standard InChI is InChI=1S/C37H37F4N7O5.C35H35F4N7O4.CH2Cl2/c1-4-21-7-6-8-22(5-2)33(21)48-34(26-18-47(14-12-28(26)46-48)36-43-16-24(17-44-36)37(39,40)41)31-25-11-13-42-32(25)23(15-27(31)38)19-53-30(50)10-9-29(35(51)52)45-20(3)49;1-3-19-6-5-7-20(4-2)31(19)46-32(24-17-45(13-11-27(24)44-46)34-42-15-22(16-43-34)35(37,38)39)29-23-10-12-41-30(23)21(14-25(29)36)18-50-28(47)9-8-26(40)33(48)49;2-1-3/h6-8,11,13,15-17,29,42H,4-5,9-10,12,14,18-19H2,1-3H3,(H,45,49)(H,51,52);5-7,10,12,14-16,26,41H,3-4,8-9,11,13,17-18,40H2,1-2H3,(H,48,49);1H2/t29-;26-;/m00./s1. The van der Waals surface area contributed by atoms with Crippen molar-refractivity contribution in [2.45, 2.75) is 150 Å². The number of carbonyl (C=O) groups is 5. The van der Waals surface area contributed by atoms with Crippen molar-refractivity contribution in [3.63, 3.8) is 0 Å². The molecule has 12 rings (SSSR count). The molecule has 6 aromatic heterocycles. The second-order valence-electron chi connectivity index (χ2n) is 24.9. The number of carbonyl (C=O) groups excluding carboxylic acids is 3. The molecule has 10 aromatic rings. The number of nitrogens with zero attached hydrogens (tertiary/aromatic N) is 10. The van der Waals surface area contributed by atoms with E-state index >= 15 is 8.78 Å². The summed E-state index contributed by atoms with van der Waals surface area (Å²) in [5, 5.41) is 31.9. The van der Waals surface area contributed by atoms with Crippen molar-refractivity contribution >= 4 is 86.7 Å². The maximum atomic E-state index is 16.8. The summed E-state index contributed by atoms with van der Waals surface area (Å²) < 4.78 is 127. The molecule has 8 heterocycles. The number of anilines is 2. The fourth-order valence-corrected chi connectivity index (χ4v) is 13.0. The van der Waals surface area contributed by atoms with Crippen LogP contribution in [0.3, 0.4) is 0 Å². The van der Waals surface area contributed by atoms with Gasteiger partial charge < -0.3 is 50.5 Å². The molecular formula is C73H74Cl2F8N14O9. The lowest BCUT2D eigenvalue weighted by atomic mass is 9.95. The smallest absolute Gasteiger partial charge is 0.419 e. The van der Waals surface area contributed by atoms with E-state index in [1.165, 1.54) is 19.1 Å². The van der Waals surface area contributed by atoms with Gasteiger partial charge in [0.15, 0.2) is 0 Å². The third kappa shape index (κ3) is 17.2. The molecule has 0 fully saturated rings. The Morgan fingerprint density at radius 2 is 0.972 bits per heavy atom. The molecule has 0 bridgehead atoms. The monoisotopic (exact) mass is 1510 g/mol. The number of aryl methyl sites for hydroxylation is 4. The predicted octanol–water partition coefficient (Wildman–Crippen LogP) is 13.4. The Morgan fingerprint density at radius 1 is 0.594 bits per heavy atom. The van der Waals surface area contributed by atoms with Crippen LogP contribution in [0.2, 0.25) is 0 Å². The molecule has 106 heavy (non-hydrogen) atoms. The number of halogens is 10. The van der Waals surface area contributed by atoms with Gasteiger partial charge in [-0.15, -0.1) is 23.2 Å². The Labute approximate surface area is 611 Å². The first-order chi connectivity index (χ1) is 50.6. The van der Waals surface area contributed by atoms with E-state index in [9.17, 15) is 55.4 Å². The number of benzene rings is 4. The summed E-state index contributed by atoms with van der Waals surface area (Å²) in [5.74, 6) is -5.49. The maximum absolute atomic E-state index is 16.8. The van der Waals surface area contributed by atoms with Crippen molar-refractivity contribution in [1.82, 2.24) is 54.8 Å². The van der Waals surface area contributed by atoms with Crippen molar-refractivity contribution in [1.29, 1.82) is 0 Å². The number of hydrogen-bond donors (Lipinski definition) is 6. The summed E-state index contributed by atoms with van der Waals surface area (Å²) in [6, 6.07) is 15.5. The topological polar surface area (TPSA) is 308 Å². The van der Waals surface area contributed by atoms with Gasteiger partial charge in [0.25, 0.3) is 0 Å². The summed E-state index contributed by atoms with van der Waals surface area (Å²) in [6.07, 6.45) is -0.200. The Morgan fingerprint density at radius 3 is 1.31 bits per heavy atom. The molecule has 2 atom stereocenters. The molecule has 0 radical (unpaired) electrons. The molecule has 23 nitrogen and oxygen atoms in total. The van der Waals surface area contributed by atoms with Gasteiger partial charge in [0, 0.05) is 140 Å². The number of amides is 1. The van der Waals surface area contributed by atoms with Crippen molar-refractivity contribution in [3.05, 3.63) is 177 Å². The molecule has 0 unspecified atom stereocenters. The van der Waals surface area contributed by atoms with Crippen LogP contribution in [0.1, 0.15) is 127 Å². The molecule has 4 aromatic carbocycles. The maximum Gasteiger partial charge on any atom is 0.419 e. The number of hydrogen-bond acceptors (Lipinski definition) is 16. The SMILES string of the molecule is CCc1cccc(CC)c1-n1nc2c(c1-c1c(F)cc(COC(=O)CC[C@H](N)C(=O)O)c3[nH]ccc13)CN(c1ncc(C(F)(F)F)cn1)CC2.CCc1cccc(CC)c1-n1nc2c(c1-c1c(F)cc(COC(=O)CC[C@H](NC(C)=O)C(=O)O)c3[nH]ccc13)CN(c1ncc(C(F)(F)F)cn1)CC2.ClCCl. The molecule has 560 valence electrons. The highest BCUT2D eigenvalue weighted by atomic mass is 35.5. The van der Waals surface area contributed by atoms with Crippen LogP contribution in [0.4, 0.5) is 47.0 Å². The largest absolute Gasteiger partial charge is 0.480 e. The second-order valence-corrected chi connectivity index (χ2v) is 25.7. The lowest BCUT2D eigenvalue weighted by Gasteiger charge is -2.27. The number of carboxylic acids is 2. The van der Waals surface area contributed by atoms with Gasteiger partial charge in [-0.2, -0.15) is 36.5 Å². The number of aromatic nitrogens is 10. The Bertz CT molecular complexity index is 4830. The zero-order valence-electron chi connectivity index (χ0n) is 58.0. The minimum Gasteiger partial charge on any atom is -0.480 e. The van der Waals surface area contributed by atoms with Gasteiger partial charge in [0.2, 0.25) is 17.8 Å². The molecule has 0 aliphatic carbocycles. The first kappa shape index (κ1) is 78.1. The molecule has 0 saturated carbocycles. The number of aliphatic carboxylic acids is 2. The molecule has 33 heteroatoms. The third-order valence-electron chi connectivity index (χ3n) is 18.2. The van der Waals surface area contributed by atoms with E-state index in [4.69, 9.17) is 53.7 Å². The lowest BCUT2D eigenvalue weighted by molar-refractivity contribution is -0.147. The van der Waals surface area contributed by atoms with Gasteiger partial charge in [-0.1, -0.05) is 64.1 Å². The van der Waals surface area contributed by atoms with Crippen molar-refractivity contribution in [2.75, 3.05) is 28.2 Å². The van der Waals surface area contributed by atoms with E-state index in [-0.39, 0.29) is 80.3 Å². The van der Waals surface area contributed by atoms with Crippen LogP contribution >= 0.6 is 23.2 Å². The number of aromatic amines is 2. The van der Waals surface area contributed by atoms with Gasteiger partial charge in [-0.25, -0.2) is 42.9 Å². The van der Waals surface area contributed by atoms with Crippen molar-refractivity contribution in [3.8, 4) is 33.9 Å². The highest BCUT2D eigenvalue weighted by Crippen LogP contribution is 2.44. The summed E-state index contributed by atoms with van der Waals surface area (Å²) in [5.41, 5.74) is 15.1. The van der Waals surface area contributed by atoms with Crippen LogP contribution in [-0.4, -0.2) is 120 Å². The number of rotatable bonds is 23. The number of fused-ring (bicyclic) bond motifs is 4. The molecule has 2 aliphatic heterocycles. The first-order valence-electron chi connectivity index (χ1n) is 33.8. The van der Waals surface area contributed by atoms with Gasteiger partial charge in [0.1, 0.15) is 36.9 Å². The first-order valence-corrected chi connectivity index (χ1v) is 34.9. The minimum absolute atomic E-state index is 0.0988. The average molecular weight is 1510 g/mol. The van der Waals surface area contributed by atoms with E-state index in [1.807, 2.05) is 64.1 Å². The van der Waals surface area contributed by atoms with E-state index < -0.39 is 77.0 Å². The number of ether oxygens (including phenoxy) is 2. The van der Waals surface area contributed by atoms with Crippen LogP contribution in [0.5, 0.6) is 0 Å². The molecule has 1 amide bonds. The molecular weight excluding hydrogens is 1440 g/mol. The van der Waals surface area contributed by atoms with Gasteiger partial charge >= 0.3 is 36.2 Å². The van der Waals surface area contributed by atoms with Crippen LogP contribution in [-0.2, 0) is 111 Å². The Hall–Kier alpha value is -10.5.